The van der Waals surface area contributed by atoms with Crippen molar-refractivity contribution in [2.45, 2.75) is 76.6 Å². The topological polar surface area (TPSA) is 111 Å². The molecule has 0 bridgehead atoms. The highest BCUT2D eigenvalue weighted by Crippen LogP contribution is 2.30. The van der Waals surface area contributed by atoms with Gasteiger partial charge in [0.05, 0.1) is 18.3 Å². The van der Waals surface area contributed by atoms with Gasteiger partial charge >= 0.3 is 12.0 Å². The molecule has 0 spiro atoms. The molecule has 31 heavy (non-hydrogen) atoms. The lowest BCUT2D eigenvalue weighted by atomic mass is 9.94. The number of hydrogen-bond donors (Lipinski definition) is 1. The Bertz CT molecular complexity index is 870. The molecule has 9 heteroatoms. The van der Waals surface area contributed by atoms with Crippen LogP contribution < -0.4 is 9.64 Å². The molecular weight excluding hydrogens is 400 g/mol. The van der Waals surface area contributed by atoms with Crippen LogP contribution in [0.15, 0.2) is 23.0 Å². The molecular formula is C22H30N4O5. The van der Waals surface area contributed by atoms with Crippen LogP contribution in [0, 0.1) is 0 Å². The number of nitrogens with zero attached hydrogens (tertiary/aromatic N) is 4. The third-order valence-corrected chi connectivity index (χ3v) is 5.97. The van der Waals surface area contributed by atoms with Crippen molar-refractivity contribution in [3.8, 4) is 5.75 Å². The molecule has 0 aromatic carbocycles. The van der Waals surface area contributed by atoms with Crippen molar-refractivity contribution < 1.29 is 23.9 Å². The maximum atomic E-state index is 11.3. The summed E-state index contributed by atoms with van der Waals surface area (Å²) >= 11 is 0. The Balaban J connectivity index is 1.21. The number of carbonyl (C=O) groups is 1. The zero-order valence-electron chi connectivity index (χ0n) is 18.1. The van der Waals surface area contributed by atoms with Gasteiger partial charge in [0, 0.05) is 31.4 Å². The molecule has 1 aliphatic heterocycles. The van der Waals surface area contributed by atoms with Crippen LogP contribution in [0.4, 0.5) is 6.01 Å². The standard InChI is InChI=1S/C22H30N4O5/c1-14(2)20-24-22(31-25-20)26-11-8-17(9-12-26)29-15-3-5-16(6-4-15)30-19-7-10-23-13-18(19)21(27)28/h7,10,13-17H,3-6,8-9,11-12H2,1-2H3,(H,27,28). The van der Waals surface area contributed by atoms with Crippen LogP contribution in [0.3, 0.4) is 0 Å². The number of carboxylic acid groups (broad SMARTS) is 1. The lowest BCUT2D eigenvalue weighted by molar-refractivity contribution is -0.0531. The molecule has 0 radical (unpaired) electrons. The Morgan fingerprint density at radius 3 is 2.45 bits per heavy atom. The van der Waals surface area contributed by atoms with Gasteiger partial charge in [-0.3, -0.25) is 4.98 Å². The van der Waals surface area contributed by atoms with Crippen LogP contribution in [-0.4, -0.2) is 57.6 Å². The van der Waals surface area contributed by atoms with Gasteiger partial charge in [-0.2, -0.15) is 4.98 Å². The first-order valence-electron chi connectivity index (χ1n) is 11.1. The highest BCUT2D eigenvalue weighted by molar-refractivity contribution is 5.90. The van der Waals surface area contributed by atoms with E-state index in [1.807, 2.05) is 0 Å². The number of rotatable bonds is 7. The van der Waals surface area contributed by atoms with E-state index in [9.17, 15) is 9.90 Å². The number of piperidine rings is 1. The molecule has 2 aromatic rings. The monoisotopic (exact) mass is 430 g/mol. The average Bonchev–Trinajstić information content (AvgIpc) is 3.27. The molecule has 1 N–H and O–H groups in total. The van der Waals surface area contributed by atoms with Crippen LogP contribution in [0.2, 0.25) is 0 Å². The summed E-state index contributed by atoms with van der Waals surface area (Å²) in [5.41, 5.74) is 0.106. The molecule has 0 unspecified atom stereocenters. The summed E-state index contributed by atoms with van der Waals surface area (Å²) in [6.07, 6.45) is 8.78. The minimum atomic E-state index is -1.02. The van der Waals surface area contributed by atoms with Crippen LogP contribution in [0.5, 0.6) is 5.75 Å². The number of ether oxygens (including phenoxy) is 2. The summed E-state index contributed by atoms with van der Waals surface area (Å²) in [7, 11) is 0. The van der Waals surface area contributed by atoms with Crippen molar-refractivity contribution in [1.29, 1.82) is 0 Å². The SMILES string of the molecule is CC(C)c1noc(N2CCC(OC3CCC(Oc4ccncc4C(=O)O)CC3)CC2)n1. The number of anilines is 1. The third-order valence-electron chi connectivity index (χ3n) is 5.97. The molecule has 9 nitrogen and oxygen atoms in total. The summed E-state index contributed by atoms with van der Waals surface area (Å²) in [6.45, 7) is 5.80. The van der Waals surface area contributed by atoms with E-state index in [0.29, 0.717) is 11.8 Å². The summed E-state index contributed by atoms with van der Waals surface area (Å²) in [5, 5.41) is 13.3. The number of carboxylic acids is 1. The minimum Gasteiger partial charge on any atom is -0.489 e. The molecule has 2 aliphatic rings. The molecule has 1 saturated carbocycles. The minimum absolute atomic E-state index is 0.00915. The van der Waals surface area contributed by atoms with E-state index in [1.54, 1.807) is 12.3 Å². The Kier molecular flexibility index (Phi) is 6.70. The number of hydrogen-bond acceptors (Lipinski definition) is 8. The molecule has 2 fully saturated rings. The first-order valence-corrected chi connectivity index (χ1v) is 11.1. The smallest absolute Gasteiger partial charge is 0.341 e. The Morgan fingerprint density at radius 2 is 1.81 bits per heavy atom. The van der Waals surface area contributed by atoms with Gasteiger partial charge in [-0.15, -0.1) is 0 Å². The van der Waals surface area contributed by atoms with Gasteiger partial charge in [0.2, 0.25) is 0 Å². The first kappa shape index (κ1) is 21.5. The highest BCUT2D eigenvalue weighted by atomic mass is 16.5. The second-order valence-corrected chi connectivity index (χ2v) is 8.61. The van der Waals surface area contributed by atoms with Crippen LogP contribution >= 0.6 is 0 Å². The fourth-order valence-electron chi connectivity index (χ4n) is 4.16. The second-order valence-electron chi connectivity index (χ2n) is 8.61. The zero-order valence-corrected chi connectivity index (χ0v) is 18.1. The van der Waals surface area contributed by atoms with Gasteiger partial charge in [-0.05, 0) is 44.6 Å². The quantitative estimate of drug-likeness (QED) is 0.703. The second kappa shape index (κ2) is 9.64. The molecule has 4 rings (SSSR count). The van der Waals surface area contributed by atoms with Gasteiger partial charge in [-0.25, -0.2) is 4.79 Å². The van der Waals surface area contributed by atoms with Gasteiger partial charge in [0.15, 0.2) is 5.82 Å². The lowest BCUT2D eigenvalue weighted by Gasteiger charge is -2.35. The van der Waals surface area contributed by atoms with Crippen LogP contribution in [-0.2, 0) is 4.74 Å². The average molecular weight is 431 g/mol. The normalized spacial score (nSPS) is 22.6. The number of aromatic nitrogens is 3. The van der Waals surface area contributed by atoms with Gasteiger partial charge in [-0.1, -0.05) is 19.0 Å². The van der Waals surface area contributed by atoms with E-state index in [4.69, 9.17) is 14.0 Å². The Labute approximate surface area is 181 Å². The highest BCUT2D eigenvalue weighted by Gasteiger charge is 2.29. The van der Waals surface area contributed by atoms with Crippen molar-refractivity contribution >= 4 is 12.0 Å². The van der Waals surface area contributed by atoms with E-state index in [2.05, 4.69) is 33.9 Å². The zero-order chi connectivity index (χ0) is 21.8. The van der Waals surface area contributed by atoms with Gasteiger partial charge in [0.1, 0.15) is 11.3 Å². The van der Waals surface area contributed by atoms with Crippen molar-refractivity contribution in [3.63, 3.8) is 0 Å². The number of pyridine rings is 1. The van der Waals surface area contributed by atoms with E-state index in [-0.39, 0.29) is 29.8 Å². The van der Waals surface area contributed by atoms with Gasteiger partial charge in [0.25, 0.3) is 0 Å². The van der Waals surface area contributed by atoms with E-state index in [1.165, 1.54) is 6.20 Å². The van der Waals surface area contributed by atoms with E-state index >= 15 is 0 Å². The van der Waals surface area contributed by atoms with Crippen molar-refractivity contribution in [1.82, 2.24) is 15.1 Å². The van der Waals surface area contributed by atoms with Crippen molar-refractivity contribution in [2.24, 2.45) is 0 Å². The molecule has 0 amide bonds. The maximum Gasteiger partial charge on any atom is 0.341 e. The Hall–Kier alpha value is -2.68. The third kappa shape index (κ3) is 5.33. The molecule has 168 valence electrons. The van der Waals surface area contributed by atoms with E-state index in [0.717, 1.165) is 57.4 Å². The lowest BCUT2D eigenvalue weighted by Crippen LogP contribution is -2.39. The summed E-state index contributed by atoms with van der Waals surface area (Å²) in [5.74, 6) is 0.370. The molecule has 1 aliphatic carbocycles. The predicted molar refractivity (Wildman–Crippen MR) is 113 cm³/mol. The largest absolute Gasteiger partial charge is 0.489 e. The van der Waals surface area contributed by atoms with Crippen LogP contribution in [0.25, 0.3) is 0 Å². The predicted octanol–water partition coefficient (Wildman–Crippen LogP) is 3.66. The summed E-state index contributed by atoms with van der Waals surface area (Å²) < 4.78 is 17.7. The fraction of sp³-hybridized carbons (Fsp3) is 0.636. The summed E-state index contributed by atoms with van der Waals surface area (Å²) in [4.78, 5) is 21.8. The first-order chi connectivity index (χ1) is 15.0. The Morgan fingerprint density at radius 1 is 1.13 bits per heavy atom. The molecule has 3 heterocycles. The fourth-order valence-corrected chi connectivity index (χ4v) is 4.16. The van der Waals surface area contributed by atoms with E-state index < -0.39 is 5.97 Å². The number of aromatic carboxylic acids is 1. The molecule has 0 atom stereocenters. The maximum absolute atomic E-state index is 11.3. The molecule has 1 saturated heterocycles. The van der Waals surface area contributed by atoms with Crippen molar-refractivity contribution in [2.75, 3.05) is 18.0 Å². The van der Waals surface area contributed by atoms with Gasteiger partial charge < -0.3 is 24.0 Å². The summed E-state index contributed by atoms with van der Waals surface area (Å²) in [6, 6.07) is 2.23. The van der Waals surface area contributed by atoms with Crippen LogP contribution in [0.1, 0.15) is 74.5 Å². The molecule has 2 aromatic heterocycles. The van der Waals surface area contributed by atoms with Crippen molar-refractivity contribution in [3.05, 3.63) is 29.8 Å².